The Hall–Kier alpha value is -0.820. The maximum atomic E-state index is 3.37. The van der Waals surface area contributed by atoms with Crippen molar-refractivity contribution >= 4 is 0 Å². The van der Waals surface area contributed by atoms with Crippen molar-refractivity contribution in [1.29, 1.82) is 0 Å². The molecule has 0 aliphatic heterocycles. The van der Waals surface area contributed by atoms with Gasteiger partial charge in [0.1, 0.15) is 0 Å². The molecule has 1 saturated carbocycles. The van der Waals surface area contributed by atoms with Gasteiger partial charge in [-0.2, -0.15) is 0 Å². The molecule has 100 valence electrons. The molecule has 1 aliphatic rings. The molecule has 0 bridgehead atoms. The predicted octanol–water partition coefficient (Wildman–Crippen LogP) is 4.35. The van der Waals surface area contributed by atoms with Crippen molar-refractivity contribution in [3.8, 4) is 0 Å². The first kappa shape index (κ1) is 13.6. The van der Waals surface area contributed by atoms with E-state index in [0.29, 0.717) is 5.92 Å². The molecule has 0 aromatic heterocycles. The Balaban J connectivity index is 1.97. The van der Waals surface area contributed by atoms with Crippen molar-refractivity contribution in [3.05, 3.63) is 35.9 Å². The second-order valence-corrected chi connectivity index (χ2v) is 5.76. The van der Waals surface area contributed by atoms with Crippen LogP contribution in [0.2, 0.25) is 0 Å². The summed E-state index contributed by atoms with van der Waals surface area (Å²) >= 11 is 0. The van der Waals surface area contributed by atoms with E-state index < -0.39 is 0 Å². The Morgan fingerprint density at radius 2 is 1.72 bits per heavy atom. The van der Waals surface area contributed by atoms with E-state index >= 15 is 0 Å². The second-order valence-electron chi connectivity index (χ2n) is 5.76. The van der Waals surface area contributed by atoms with Gasteiger partial charge in [0.05, 0.1) is 0 Å². The Kier molecular flexibility index (Phi) is 5.73. The highest BCUT2D eigenvalue weighted by atomic mass is 14.8. The van der Waals surface area contributed by atoms with Gasteiger partial charge in [-0.3, -0.25) is 0 Å². The van der Waals surface area contributed by atoms with Gasteiger partial charge < -0.3 is 5.32 Å². The lowest BCUT2D eigenvalue weighted by Gasteiger charge is -2.23. The van der Waals surface area contributed by atoms with Crippen LogP contribution in [0.3, 0.4) is 0 Å². The van der Waals surface area contributed by atoms with Crippen LogP contribution in [0.4, 0.5) is 0 Å². The first-order valence-corrected chi connectivity index (χ1v) is 7.59. The zero-order valence-electron chi connectivity index (χ0n) is 11.7. The van der Waals surface area contributed by atoms with Crippen molar-refractivity contribution < 1.29 is 0 Å². The smallest absolute Gasteiger partial charge is 0.00172 e. The molecule has 0 heterocycles. The highest BCUT2D eigenvalue weighted by Gasteiger charge is 2.18. The Bertz CT molecular complexity index is 312. The van der Waals surface area contributed by atoms with Crippen LogP contribution in [0.5, 0.6) is 0 Å². The van der Waals surface area contributed by atoms with E-state index in [4.69, 9.17) is 0 Å². The molecular weight excluding hydrogens is 218 g/mol. The van der Waals surface area contributed by atoms with Gasteiger partial charge in [0.25, 0.3) is 0 Å². The van der Waals surface area contributed by atoms with Crippen LogP contribution in [0.15, 0.2) is 30.3 Å². The van der Waals surface area contributed by atoms with Gasteiger partial charge in [-0.25, -0.2) is 0 Å². The first-order valence-electron chi connectivity index (χ1n) is 7.59. The molecule has 2 rings (SSSR count). The van der Waals surface area contributed by atoms with Crippen molar-refractivity contribution in [2.24, 2.45) is 5.92 Å². The molecule has 1 fully saturated rings. The van der Waals surface area contributed by atoms with E-state index in [1.807, 2.05) is 0 Å². The van der Waals surface area contributed by atoms with Gasteiger partial charge in [0.2, 0.25) is 0 Å². The average Bonchev–Trinajstić information content (AvgIpc) is 2.68. The van der Waals surface area contributed by atoms with Crippen LogP contribution in [0, 0.1) is 5.92 Å². The predicted molar refractivity (Wildman–Crippen MR) is 78.9 cm³/mol. The van der Waals surface area contributed by atoms with Gasteiger partial charge in [0, 0.05) is 6.54 Å². The third-order valence-electron chi connectivity index (χ3n) is 4.31. The normalized spacial score (nSPS) is 19.4. The number of hydrogen-bond acceptors (Lipinski definition) is 1. The van der Waals surface area contributed by atoms with E-state index in [1.165, 1.54) is 50.5 Å². The van der Waals surface area contributed by atoms with E-state index in [9.17, 15) is 0 Å². The topological polar surface area (TPSA) is 12.0 Å². The zero-order chi connectivity index (χ0) is 12.6. The molecule has 1 aliphatic carbocycles. The summed E-state index contributed by atoms with van der Waals surface area (Å²) in [6.07, 6.45) is 10.1. The summed E-state index contributed by atoms with van der Waals surface area (Å²) in [4.78, 5) is 0. The largest absolute Gasteiger partial charge is 0.319 e. The summed E-state index contributed by atoms with van der Waals surface area (Å²) in [5.74, 6) is 1.64. The fourth-order valence-corrected chi connectivity index (χ4v) is 3.31. The van der Waals surface area contributed by atoms with Gasteiger partial charge >= 0.3 is 0 Å². The van der Waals surface area contributed by atoms with E-state index in [1.54, 1.807) is 0 Å². The maximum absolute atomic E-state index is 3.37. The molecule has 1 aromatic rings. The Morgan fingerprint density at radius 1 is 1.06 bits per heavy atom. The quantitative estimate of drug-likeness (QED) is 0.760. The van der Waals surface area contributed by atoms with Gasteiger partial charge in [-0.05, 0) is 30.9 Å². The van der Waals surface area contributed by atoms with Crippen molar-refractivity contribution in [2.45, 2.75) is 50.9 Å². The molecule has 0 amide bonds. The second kappa shape index (κ2) is 7.58. The molecule has 1 N–H and O–H groups in total. The lowest BCUT2D eigenvalue weighted by Crippen LogP contribution is -2.20. The molecule has 0 radical (unpaired) electrons. The van der Waals surface area contributed by atoms with Crippen LogP contribution in [0.1, 0.15) is 56.4 Å². The molecule has 1 aromatic carbocycles. The van der Waals surface area contributed by atoms with Gasteiger partial charge in [-0.1, -0.05) is 68.9 Å². The van der Waals surface area contributed by atoms with Crippen LogP contribution in [-0.2, 0) is 0 Å². The summed E-state index contributed by atoms with van der Waals surface area (Å²) in [5, 5.41) is 3.37. The fraction of sp³-hybridized carbons (Fsp3) is 0.647. The van der Waals surface area contributed by atoms with E-state index in [-0.39, 0.29) is 0 Å². The van der Waals surface area contributed by atoms with Crippen molar-refractivity contribution in [3.63, 3.8) is 0 Å². The number of hydrogen-bond donors (Lipinski definition) is 1. The molecular formula is C17H27N. The minimum atomic E-state index is 0.694. The SMILES string of the molecule is CNCC(CC1CCCCCC1)c1ccccc1. The van der Waals surface area contributed by atoms with Gasteiger partial charge in [-0.15, -0.1) is 0 Å². The third-order valence-corrected chi connectivity index (χ3v) is 4.31. The number of rotatable bonds is 5. The van der Waals surface area contributed by atoms with Crippen LogP contribution >= 0.6 is 0 Å². The highest BCUT2D eigenvalue weighted by molar-refractivity contribution is 5.20. The Morgan fingerprint density at radius 3 is 2.33 bits per heavy atom. The summed E-state index contributed by atoms with van der Waals surface area (Å²) in [5.41, 5.74) is 1.51. The Labute approximate surface area is 112 Å². The monoisotopic (exact) mass is 245 g/mol. The molecule has 0 saturated heterocycles. The standard InChI is InChI=1S/C17H27N/c1-18-14-17(16-11-7-4-8-12-16)13-15-9-5-2-3-6-10-15/h4,7-8,11-12,15,17-18H,2-3,5-6,9-10,13-14H2,1H3. The molecule has 1 atom stereocenters. The highest BCUT2D eigenvalue weighted by Crippen LogP contribution is 2.31. The lowest BCUT2D eigenvalue weighted by molar-refractivity contribution is 0.384. The van der Waals surface area contributed by atoms with Crippen LogP contribution in [0.25, 0.3) is 0 Å². The number of likely N-dealkylation sites (N-methyl/N-ethyl adjacent to an activating group) is 1. The maximum Gasteiger partial charge on any atom is 0.00172 e. The molecule has 1 nitrogen and oxygen atoms in total. The van der Waals surface area contributed by atoms with Crippen LogP contribution < -0.4 is 5.32 Å². The van der Waals surface area contributed by atoms with E-state index in [2.05, 4.69) is 42.7 Å². The fourth-order valence-electron chi connectivity index (χ4n) is 3.31. The summed E-state index contributed by atoms with van der Waals surface area (Å²) < 4.78 is 0. The minimum Gasteiger partial charge on any atom is -0.319 e. The van der Waals surface area contributed by atoms with Crippen molar-refractivity contribution in [1.82, 2.24) is 5.32 Å². The van der Waals surface area contributed by atoms with E-state index in [0.717, 1.165) is 12.5 Å². The molecule has 1 unspecified atom stereocenters. The zero-order valence-corrected chi connectivity index (χ0v) is 11.7. The van der Waals surface area contributed by atoms with Crippen LogP contribution in [-0.4, -0.2) is 13.6 Å². The summed E-state index contributed by atoms with van der Waals surface area (Å²) in [6.45, 7) is 1.11. The third kappa shape index (κ3) is 4.13. The summed E-state index contributed by atoms with van der Waals surface area (Å²) in [7, 11) is 2.07. The average molecular weight is 245 g/mol. The number of benzene rings is 1. The summed E-state index contributed by atoms with van der Waals surface area (Å²) in [6, 6.07) is 11.0. The van der Waals surface area contributed by atoms with Gasteiger partial charge in [0.15, 0.2) is 0 Å². The lowest BCUT2D eigenvalue weighted by atomic mass is 9.85. The first-order chi connectivity index (χ1) is 8.90. The molecule has 0 spiro atoms. The molecule has 18 heavy (non-hydrogen) atoms. The molecule has 1 heteroatoms. The number of nitrogens with one attached hydrogen (secondary N) is 1. The van der Waals surface area contributed by atoms with Crippen molar-refractivity contribution in [2.75, 3.05) is 13.6 Å². The minimum absolute atomic E-state index is 0.694.